The van der Waals surface area contributed by atoms with Crippen LogP contribution >= 0.6 is 0 Å². The number of fused-ring (bicyclic) bond motifs is 1. The average Bonchev–Trinajstić information content (AvgIpc) is 4.04. The summed E-state index contributed by atoms with van der Waals surface area (Å²) in [6.07, 6.45) is 8.86. The highest BCUT2D eigenvalue weighted by Gasteiger charge is 2.50. The number of carbonyl (C=O) groups excluding carboxylic acids is 1. The molecule has 3 aliphatic carbocycles. The van der Waals surface area contributed by atoms with Crippen molar-refractivity contribution in [1.82, 2.24) is 19.8 Å². The Morgan fingerprint density at radius 3 is 2.49 bits per heavy atom. The van der Waals surface area contributed by atoms with Crippen LogP contribution in [0.3, 0.4) is 0 Å². The fraction of sp³-hybridized carbons (Fsp3) is 0.409. The van der Waals surface area contributed by atoms with E-state index in [4.69, 9.17) is 19.9 Å². The third kappa shape index (κ3) is 7.18. The van der Waals surface area contributed by atoms with Gasteiger partial charge in [0, 0.05) is 86.1 Å². The summed E-state index contributed by atoms with van der Waals surface area (Å²) in [6.45, 7) is 5.61. The van der Waals surface area contributed by atoms with Gasteiger partial charge in [0.05, 0.1) is 31.2 Å². The first kappa shape index (κ1) is 37.1. The summed E-state index contributed by atoms with van der Waals surface area (Å²) in [5, 5.41) is 2.65. The molecule has 4 heterocycles. The number of piperazine rings is 1. The minimum atomic E-state index is -0.959. The van der Waals surface area contributed by atoms with Crippen molar-refractivity contribution in [3.05, 3.63) is 106 Å². The molecule has 1 amide bonds. The Labute approximate surface area is 331 Å². The van der Waals surface area contributed by atoms with Gasteiger partial charge in [-0.25, -0.2) is 9.37 Å². The van der Waals surface area contributed by atoms with E-state index in [1.165, 1.54) is 61.6 Å². The number of ether oxygens (including phenoxy) is 3. The molecule has 0 unspecified atom stereocenters. The number of amides is 1. The second-order valence-electron chi connectivity index (χ2n) is 16.2. The van der Waals surface area contributed by atoms with Gasteiger partial charge in [0.15, 0.2) is 5.75 Å². The van der Waals surface area contributed by atoms with Crippen LogP contribution < -0.4 is 24.8 Å². The molecule has 9 rings (SSSR count). The van der Waals surface area contributed by atoms with Gasteiger partial charge < -0.3 is 29.8 Å². The highest BCUT2D eigenvalue weighted by atomic mass is 19.1. The van der Waals surface area contributed by atoms with Crippen molar-refractivity contribution in [1.29, 1.82) is 0 Å². The van der Waals surface area contributed by atoms with Crippen LogP contribution in [0.2, 0.25) is 0 Å². The normalized spacial score (nSPS) is 20.1. The molecule has 13 heteroatoms. The number of halogens is 1. The van der Waals surface area contributed by atoms with Crippen molar-refractivity contribution in [3.8, 4) is 34.5 Å². The lowest BCUT2D eigenvalue weighted by Gasteiger charge is -2.58. The van der Waals surface area contributed by atoms with Crippen molar-refractivity contribution in [2.24, 2.45) is 10.6 Å². The molecule has 1 aromatic heterocycles. The second kappa shape index (κ2) is 15.1. The number of nitrogens with one attached hydrogen (secondary N) is 1. The number of piperidine rings is 1. The summed E-state index contributed by atoms with van der Waals surface area (Å²) in [5.41, 5.74) is 12.2. The number of carbonyl (C=O) groups is 1. The fourth-order valence-corrected chi connectivity index (χ4v) is 9.61. The number of nitrogens with two attached hydrogens (primary N) is 1. The van der Waals surface area contributed by atoms with Gasteiger partial charge in [-0.1, -0.05) is 24.3 Å². The molecule has 0 radical (unpaired) electrons. The summed E-state index contributed by atoms with van der Waals surface area (Å²) >= 11 is 0. The summed E-state index contributed by atoms with van der Waals surface area (Å²) in [6, 6.07) is 22.0. The van der Waals surface area contributed by atoms with E-state index in [2.05, 4.69) is 60.2 Å². The predicted octanol–water partition coefficient (Wildman–Crippen LogP) is 8.14. The van der Waals surface area contributed by atoms with Crippen LogP contribution in [0, 0.1) is 16.1 Å². The van der Waals surface area contributed by atoms with Gasteiger partial charge in [-0.2, -0.15) is 0 Å². The first-order valence-electron chi connectivity index (χ1n) is 19.9. The molecule has 12 nitrogen and oxygen atoms in total. The number of methoxy groups -OCH3 is 2. The lowest BCUT2D eigenvalue weighted by molar-refractivity contribution is -0.0627. The van der Waals surface area contributed by atoms with Gasteiger partial charge in [0.2, 0.25) is 11.8 Å². The Morgan fingerprint density at radius 1 is 0.965 bits per heavy atom. The number of hydrogen-bond acceptors (Lipinski definition) is 10. The van der Waals surface area contributed by atoms with Gasteiger partial charge in [-0.15, -0.1) is 4.91 Å². The van der Waals surface area contributed by atoms with Crippen LogP contribution in [0.15, 0.2) is 78.1 Å². The molecular formula is C44H48FN7O5. The average molecular weight is 774 g/mol. The first-order valence-corrected chi connectivity index (χ1v) is 19.9. The topological polar surface area (TPSA) is 139 Å². The Kier molecular flexibility index (Phi) is 9.81. The Morgan fingerprint density at radius 2 is 1.75 bits per heavy atom. The molecule has 296 valence electrons. The summed E-state index contributed by atoms with van der Waals surface area (Å²) in [5.74, 6) is 0.316. The summed E-state index contributed by atoms with van der Waals surface area (Å²) < 4.78 is 31.8. The molecule has 3 aromatic rings. The van der Waals surface area contributed by atoms with E-state index in [0.717, 1.165) is 57.8 Å². The fourth-order valence-electron chi connectivity index (χ4n) is 9.61. The molecule has 0 bridgehead atoms. The molecule has 3 N–H and O–H groups in total. The largest absolute Gasteiger partial charge is 0.481 e. The number of aromatic nitrogens is 2. The zero-order chi connectivity index (χ0) is 39.3. The van der Waals surface area contributed by atoms with Crippen molar-refractivity contribution in [2.75, 3.05) is 57.6 Å². The highest BCUT2D eigenvalue weighted by Crippen LogP contribution is 2.54. The maximum atomic E-state index is 14.7. The van der Waals surface area contributed by atoms with E-state index >= 15 is 0 Å². The van der Waals surface area contributed by atoms with Crippen LogP contribution in [-0.2, 0) is 6.54 Å². The van der Waals surface area contributed by atoms with Crippen LogP contribution in [0.4, 0.5) is 15.8 Å². The van der Waals surface area contributed by atoms with Crippen molar-refractivity contribution in [2.45, 2.75) is 63.1 Å². The molecule has 3 aliphatic heterocycles. The third-order valence-electron chi connectivity index (χ3n) is 12.8. The van der Waals surface area contributed by atoms with E-state index in [0.29, 0.717) is 29.6 Å². The molecular weight excluding hydrogens is 726 g/mol. The number of benzene rings is 2. The van der Waals surface area contributed by atoms with Gasteiger partial charge in [-0.3, -0.25) is 14.6 Å². The van der Waals surface area contributed by atoms with Crippen LogP contribution in [0.5, 0.6) is 23.3 Å². The lowest BCUT2D eigenvalue weighted by Crippen LogP contribution is -2.59. The van der Waals surface area contributed by atoms with Crippen LogP contribution in [-0.4, -0.2) is 78.7 Å². The van der Waals surface area contributed by atoms with Crippen molar-refractivity contribution in [3.63, 3.8) is 0 Å². The molecule has 4 fully saturated rings. The maximum absolute atomic E-state index is 14.7. The van der Waals surface area contributed by atoms with E-state index < -0.39 is 11.7 Å². The van der Waals surface area contributed by atoms with Gasteiger partial charge in [0.25, 0.3) is 0 Å². The number of H-pyrrole nitrogens is 1. The van der Waals surface area contributed by atoms with E-state index in [9.17, 15) is 14.1 Å². The van der Waals surface area contributed by atoms with Crippen LogP contribution in [0.1, 0.15) is 77.5 Å². The molecule has 1 spiro atoms. The van der Waals surface area contributed by atoms with Crippen molar-refractivity contribution >= 4 is 17.3 Å². The van der Waals surface area contributed by atoms with Gasteiger partial charge in [-0.05, 0) is 96.9 Å². The number of nitrogen functional groups attached to an aromatic ring is 1. The number of rotatable bonds is 11. The summed E-state index contributed by atoms with van der Waals surface area (Å²) in [7, 11) is 3.11. The van der Waals surface area contributed by atoms with E-state index in [1.54, 1.807) is 19.2 Å². The molecule has 57 heavy (non-hydrogen) atoms. The monoisotopic (exact) mass is 773 g/mol. The van der Waals surface area contributed by atoms with Crippen molar-refractivity contribution < 1.29 is 23.4 Å². The zero-order valence-corrected chi connectivity index (χ0v) is 32.4. The zero-order valence-electron chi connectivity index (χ0n) is 32.4. The molecule has 2 saturated heterocycles. The number of anilines is 2. The minimum absolute atomic E-state index is 0.00659. The van der Waals surface area contributed by atoms with Gasteiger partial charge in [0.1, 0.15) is 11.6 Å². The maximum Gasteiger partial charge on any atom is 0.320 e. The standard InChI is InChI=1S/C44H48FN7O5/c1-55-40-19-27(11-14-47-40)25-50-17-18-52(37(26-50)32-6-4-3-5-31(32)28-7-8-28)30-23-44(24-30)12-15-51(16-13-44)29-9-10-33(42(53)49-54)38(20-29)57-39-21-34-35(45)22-36(46)41(34)48-43(39)56-2/h3-6,9-11,14,19-22,28,30,37,48H,7-8,12-13,15-18,23-26,46H2,1-2H3/t37-/m0/s1. The molecule has 6 aliphatic rings. The van der Waals surface area contributed by atoms with Gasteiger partial charge >= 0.3 is 5.91 Å². The number of nitroso groups, excluding NO2 is 1. The molecule has 2 saturated carbocycles. The smallest absolute Gasteiger partial charge is 0.320 e. The highest BCUT2D eigenvalue weighted by molar-refractivity contribution is 5.98. The third-order valence-corrected chi connectivity index (χ3v) is 12.8. The number of nitrogens with zero attached hydrogens (tertiary/aromatic N) is 5. The lowest BCUT2D eigenvalue weighted by atomic mass is 9.59. The number of pyridine rings is 2. The molecule has 2 aromatic carbocycles. The number of aromatic amines is 1. The second-order valence-corrected chi connectivity index (χ2v) is 16.2. The quantitative estimate of drug-likeness (QED) is 0.127. The number of hydrogen-bond donors (Lipinski definition) is 2. The van der Waals surface area contributed by atoms with E-state index in [1.807, 2.05) is 18.3 Å². The Hall–Kier alpha value is -5.53. The van der Waals surface area contributed by atoms with E-state index in [-0.39, 0.29) is 39.6 Å². The van der Waals surface area contributed by atoms with Crippen LogP contribution in [0.25, 0.3) is 11.3 Å². The SMILES string of the molecule is COc1cc(CN2CCN(C3CC4(CCN(c5ccc(C(=O)N=O)c(Oc6cc7c(F)cc(N)c-7[nH]c6OC)c5)CC4)C3)[C@H](c3ccccc3C3CC3)C2)ccn1. The Bertz CT molecular complexity index is 2260. The first-order chi connectivity index (χ1) is 27.7. The Balaban J connectivity index is 0.901. The molecule has 1 atom stereocenters. The predicted molar refractivity (Wildman–Crippen MR) is 216 cm³/mol. The minimum Gasteiger partial charge on any atom is -0.481 e. The summed E-state index contributed by atoms with van der Waals surface area (Å²) in [4.78, 5) is 39.0.